The molecule has 0 saturated carbocycles. The summed E-state index contributed by atoms with van der Waals surface area (Å²) in [6, 6.07) is 0. The van der Waals surface area contributed by atoms with Gasteiger partial charge < -0.3 is 4.79 Å². The van der Waals surface area contributed by atoms with E-state index >= 15 is 0 Å². The predicted octanol–water partition coefficient (Wildman–Crippen LogP) is 4.21. The highest BCUT2D eigenvalue weighted by molar-refractivity contribution is 9.10. The molecule has 0 aromatic heterocycles. The van der Waals surface area contributed by atoms with Crippen molar-refractivity contribution in [2.24, 2.45) is 0 Å². The first kappa shape index (κ1) is 13.5. The Hall–Kier alpha value is -0.550. The highest BCUT2D eigenvalue weighted by Crippen LogP contribution is 2.36. The van der Waals surface area contributed by atoms with Crippen LogP contribution in [0, 0.1) is 17.5 Å². The Morgan fingerprint density at radius 3 is 2.38 bits per heavy atom. The van der Waals surface area contributed by atoms with Crippen LogP contribution in [0.3, 0.4) is 0 Å². The zero-order chi connectivity index (χ0) is 12.5. The summed E-state index contributed by atoms with van der Waals surface area (Å²) in [7, 11) is 0. The number of hydrogen-bond donors (Lipinski definition) is 0. The molecule has 0 amide bonds. The summed E-state index contributed by atoms with van der Waals surface area (Å²) in [5.74, 6) is -4.31. The van der Waals surface area contributed by atoms with Crippen molar-refractivity contribution in [1.82, 2.24) is 0 Å². The normalized spacial score (nSPS) is 12.6. The molecule has 0 fully saturated rings. The van der Waals surface area contributed by atoms with Crippen LogP contribution in [0.2, 0.25) is 5.02 Å². The summed E-state index contributed by atoms with van der Waals surface area (Å²) >= 11 is 8.14. The third-order valence-electron chi connectivity index (χ3n) is 2.19. The van der Waals surface area contributed by atoms with E-state index in [9.17, 15) is 18.0 Å². The lowest BCUT2D eigenvalue weighted by Gasteiger charge is -2.14. The first-order valence-electron chi connectivity index (χ1n) is 4.36. The van der Waals surface area contributed by atoms with Gasteiger partial charge in [-0.05, 0) is 21.8 Å². The molecule has 1 rings (SSSR count). The van der Waals surface area contributed by atoms with E-state index in [0.29, 0.717) is 6.29 Å². The Bertz CT molecular complexity index is 408. The molecule has 1 nitrogen and oxygen atoms in total. The maximum absolute atomic E-state index is 13.5. The molecule has 0 heterocycles. The third-order valence-corrected chi connectivity index (χ3v) is 3.25. The van der Waals surface area contributed by atoms with Crippen LogP contribution >= 0.6 is 27.5 Å². The molecule has 0 radical (unpaired) electrons. The number of carbonyl (C=O) groups is 1. The molecule has 1 aromatic carbocycles. The second kappa shape index (κ2) is 5.19. The Morgan fingerprint density at radius 2 is 1.88 bits per heavy atom. The van der Waals surface area contributed by atoms with Gasteiger partial charge in [-0.25, -0.2) is 13.2 Å². The fourth-order valence-electron chi connectivity index (χ4n) is 1.32. The minimum atomic E-state index is -1.34. The zero-order valence-electron chi connectivity index (χ0n) is 8.16. The van der Waals surface area contributed by atoms with E-state index in [1.165, 1.54) is 6.92 Å². The van der Waals surface area contributed by atoms with E-state index in [2.05, 4.69) is 15.9 Å². The molecule has 1 atom stereocenters. The number of rotatable bonds is 3. The summed E-state index contributed by atoms with van der Waals surface area (Å²) in [5.41, 5.74) is -0.313. The highest BCUT2D eigenvalue weighted by atomic mass is 79.9. The average Bonchev–Trinajstić information content (AvgIpc) is 2.24. The van der Waals surface area contributed by atoms with Crippen molar-refractivity contribution < 1.29 is 18.0 Å². The molecule has 1 unspecified atom stereocenters. The molecule has 0 aliphatic carbocycles. The number of benzene rings is 1. The minimum absolute atomic E-state index is 0.0584. The van der Waals surface area contributed by atoms with E-state index in [4.69, 9.17) is 11.6 Å². The number of carbonyl (C=O) groups excluding carboxylic acids is 1. The standard InChI is InChI=1S/C10H7BrClF3O/c1-4(2-3-16)5-7(12)9(14)6(11)10(15)8(5)13/h3-4H,2H2,1H3. The van der Waals surface area contributed by atoms with Crippen LogP contribution in [0.15, 0.2) is 4.47 Å². The van der Waals surface area contributed by atoms with Gasteiger partial charge >= 0.3 is 0 Å². The smallest absolute Gasteiger partial charge is 0.176 e. The van der Waals surface area contributed by atoms with Crippen LogP contribution in [-0.2, 0) is 4.79 Å². The summed E-state index contributed by atoms with van der Waals surface area (Å²) < 4.78 is 39.4. The lowest BCUT2D eigenvalue weighted by molar-refractivity contribution is -0.108. The summed E-state index contributed by atoms with van der Waals surface area (Å²) in [4.78, 5) is 10.3. The van der Waals surface area contributed by atoms with Gasteiger partial charge in [0.05, 0.1) is 9.50 Å². The van der Waals surface area contributed by atoms with Crippen molar-refractivity contribution in [1.29, 1.82) is 0 Å². The molecule has 6 heteroatoms. The van der Waals surface area contributed by atoms with E-state index < -0.39 is 32.9 Å². The molecule has 0 bridgehead atoms. The summed E-state index contributed by atoms with van der Waals surface area (Å²) in [6.45, 7) is 1.46. The van der Waals surface area contributed by atoms with Crippen molar-refractivity contribution in [2.75, 3.05) is 0 Å². The molecule has 0 N–H and O–H groups in total. The van der Waals surface area contributed by atoms with Crippen LogP contribution in [0.5, 0.6) is 0 Å². The van der Waals surface area contributed by atoms with Gasteiger partial charge in [-0.3, -0.25) is 0 Å². The number of aldehydes is 1. The SMILES string of the molecule is CC(CC=O)c1c(F)c(F)c(Br)c(F)c1Cl. The van der Waals surface area contributed by atoms with Gasteiger partial charge in [0.1, 0.15) is 6.29 Å². The van der Waals surface area contributed by atoms with Gasteiger partial charge in [0.15, 0.2) is 17.5 Å². The topological polar surface area (TPSA) is 17.1 Å². The third kappa shape index (κ3) is 2.25. The van der Waals surface area contributed by atoms with Crippen molar-refractivity contribution in [3.63, 3.8) is 0 Å². The Morgan fingerprint density at radius 1 is 1.31 bits per heavy atom. The van der Waals surface area contributed by atoms with Crippen molar-refractivity contribution in [3.05, 3.63) is 32.5 Å². The maximum atomic E-state index is 13.5. The molecular weight excluding hydrogens is 308 g/mol. The van der Waals surface area contributed by atoms with Crippen LogP contribution in [0.25, 0.3) is 0 Å². The molecule has 0 aliphatic heterocycles. The van der Waals surface area contributed by atoms with Gasteiger partial charge in [-0.2, -0.15) is 0 Å². The second-order valence-corrected chi connectivity index (χ2v) is 4.46. The van der Waals surface area contributed by atoms with Gasteiger partial charge in [0.2, 0.25) is 0 Å². The van der Waals surface area contributed by atoms with Gasteiger partial charge in [-0.1, -0.05) is 18.5 Å². The monoisotopic (exact) mass is 314 g/mol. The quantitative estimate of drug-likeness (QED) is 0.464. The van der Waals surface area contributed by atoms with Gasteiger partial charge in [0.25, 0.3) is 0 Å². The van der Waals surface area contributed by atoms with E-state index in [-0.39, 0.29) is 12.0 Å². The minimum Gasteiger partial charge on any atom is -0.303 e. The molecule has 0 aliphatic rings. The Kier molecular flexibility index (Phi) is 4.38. The molecule has 0 spiro atoms. The fourth-order valence-corrected chi connectivity index (χ4v) is 2.17. The molecule has 16 heavy (non-hydrogen) atoms. The molecule has 0 saturated heterocycles. The summed E-state index contributed by atoms with van der Waals surface area (Å²) in [5, 5.41) is -0.500. The lowest BCUT2D eigenvalue weighted by atomic mass is 9.97. The Balaban J connectivity index is 3.44. The molecule has 88 valence electrons. The first-order chi connectivity index (χ1) is 7.41. The molecular formula is C10H7BrClF3O. The fraction of sp³-hybridized carbons (Fsp3) is 0.300. The van der Waals surface area contributed by atoms with Crippen LogP contribution < -0.4 is 0 Å². The number of hydrogen-bond acceptors (Lipinski definition) is 1. The Labute approximate surface area is 104 Å². The van der Waals surface area contributed by atoms with Crippen LogP contribution in [-0.4, -0.2) is 6.29 Å². The molecule has 1 aromatic rings. The van der Waals surface area contributed by atoms with Crippen molar-refractivity contribution in [2.45, 2.75) is 19.3 Å². The van der Waals surface area contributed by atoms with E-state index in [1.807, 2.05) is 0 Å². The first-order valence-corrected chi connectivity index (χ1v) is 5.53. The van der Waals surface area contributed by atoms with Crippen molar-refractivity contribution in [3.8, 4) is 0 Å². The van der Waals surface area contributed by atoms with E-state index in [1.54, 1.807) is 0 Å². The van der Waals surface area contributed by atoms with Gasteiger partial charge in [-0.15, -0.1) is 0 Å². The zero-order valence-corrected chi connectivity index (χ0v) is 10.5. The largest absolute Gasteiger partial charge is 0.303 e. The van der Waals surface area contributed by atoms with Crippen molar-refractivity contribution >= 4 is 33.8 Å². The lowest BCUT2D eigenvalue weighted by Crippen LogP contribution is -2.05. The van der Waals surface area contributed by atoms with E-state index in [0.717, 1.165) is 0 Å². The average molecular weight is 316 g/mol. The maximum Gasteiger partial charge on any atom is 0.176 e. The van der Waals surface area contributed by atoms with Crippen LogP contribution in [0.1, 0.15) is 24.8 Å². The highest BCUT2D eigenvalue weighted by Gasteiger charge is 2.25. The van der Waals surface area contributed by atoms with Crippen LogP contribution in [0.4, 0.5) is 13.2 Å². The number of halogens is 5. The summed E-state index contributed by atoms with van der Waals surface area (Å²) in [6.07, 6.45) is 0.482. The predicted molar refractivity (Wildman–Crippen MR) is 58.1 cm³/mol. The van der Waals surface area contributed by atoms with Gasteiger partial charge in [0, 0.05) is 12.0 Å². The second-order valence-electron chi connectivity index (χ2n) is 3.29.